The zero-order valence-corrected chi connectivity index (χ0v) is 21.6. The molecule has 0 radical (unpaired) electrons. The lowest BCUT2D eigenvalue weighted by molar-refractivity contribution is 0.00578. The summed E-state index contributed by atoms with van der Waals surface area (Å²) in [6.07, 6.45) is 9.23. The average molecular weight is 492 g/mol. The third-order valence-electron chi connectivity index (χ3n) is 7.46. The van der Waals surface area contributed by atoms with Gasteiger partial charge in [-0.3, -0.25) is 0 Å². The first-order chi connectivity index (χ1) is 16.8. The minimum Gasteiger partial charge on any atom is -0.399 e. The average Bonchev–Trinajstić information content (AvgIpc) is 3.47. The molecule has 0 bridgehead atoms. The number of hydrogen-bond donors (Lipinski definition) is 0. The van der Waals surface area contributed by atoms with E-state index in [1.54, 1.807) is 22.7 Å². The first kappa shape index (κ1) is 21.4. The summed E-state index contributed by atoms with van der Waals surface area (Å²) < 4.78 is 16.3. The van der Waals surface area contributed by atoms with Crippen molar-refractivity contribution < 1.29 is 9.31 Å². The Hall–Kier alpha value is -2.86. The summed E-state index contributed by atoms with van der Waals surface area (Å²) >= 11 is 3.56. The van der Waals surface area contributed by atoms with Gasteiger partial charge >= 0.3 is 7.12 Å². The first-order valence-corrected chi connectivity index (χ1v) is 13.4. The van der Waals surface area contributed by atoms with Crippen LogP contribution in [0.4, 0.5) is 0 Å². The van der Waals surface area contributed by atoms with Gasteiger partial charge in [-0.1, -0.05) is 12.1 Å². The van der Waals surface area contributed by atoms with Crippen molar-refractivity contribution in [1.29, 1.82) is 0 Å². The van der Waals surface area contributed by atoms with Gasteiger partial charge in [-0.2, -0.15) is 0 Å². The van der Waals surface area contributed by atoms with E-state index >= 15 is 0 Å². The number of fused-ring (bicyclic) bond motifs is 5. The Labute approximate surface area is 212 Å². The first-order valence-electron chi connectivity index (χ1n) is 11.8. The van der Waals surface area contributed by atoms with Crippen LogP contribution in [-0.2, 0) is 9.31 Å². The summed E-state index contributed by atoms with van der Waals surface area (Å²) in [4.78, 5) is 5.00. The lowest BCUT2D eigenvalue weighted by Gasteiger charge is -2.32. The number of rotatable bonds is 2. The molecular weight excluding hydrogens is 469 g/mol. The van der Waals surface area contributed by atoms with Gasteiger partial charge in [-0.05, 0) is 63.5 Å². The fourth-order valence-electron chi connectivity index (χ4n) is 4.72. The van der Waals surface area contributed by atoms with Crippen LogP contribution in [0.3, 0.4) is 0 Å². The molecule has 5 aromatic rings. The molecule has 1 aliphatic heterocycles. The van der Waals surface area contributed by atoms with E-state index in [0.29, 0.717) is 0 Å². The maximum absolute atomic E-state index is 6.28. The molecule has 170 valence electrons. The van der Waals surface area contributed by atoms with Gasteiger partial charge in [0.25, 0.3) is 0 Å². The van der Waals surface area contributed by atoms with Crippen LogP contribution < -0.4 is 5.46 Å². The summed E-state index contributed by atoms with van der Waals surface area (Å²) in [7, 11) is -0.345. The van der Waals surface area contributed by atoms with E-state index in [4.69, 9.17) is 14.3 Å². The second kappa shape index (κ2) is 7.33. The molecule has 1 fully saturated rings. The summed E-state index contributed by atoms with van der Waals surface area (Å²) in [5.41, 5.74) is 5.00. The molecule has 0 amide bonds. The molecule has 0 spiro atoms. The third-order valence-corrected chi connectivity index (χ3v) is 9.65. The van der Waals surface area contributed by atoms with Gasteiger partial charge in [0.1, 0.15) is 17.2 Å². The van der Waals surface area contributed by atoms with E-state index in [9.17, 15) is 0 Å². The van der Waals surface area contributed by atoms with Crippen LogP contribution in [0.5, 0.6) is 0 Å². The molecule has 6 heteroatoms. The topological polar surface area (TPSA) is 31.4 Å². The SMILES string of the molecule is CC1(C)OB(c2ccc3c(c2)sc2cc4nc(-c5ccc6c(c5)C=C[C+]=C6)sc4cc23)OC1(C)C. The highest BCUT2D eigenvalue weighted by atomic mass is 32.1. The molecule has 2 aromatic heterocycles. The third kappa shape index (κ3) is 3.33. The number of aromatic nitrogens is 1. The largest absolute Gasteiger partial charge is 0.494 e. The summed E-state index contributed by atoms with van der Waals surface area (Å²) in [6, 6.07) is 17.6. The van der Waals surface area contributed by atoms with Crippen LogP contribution in [-0.4, -0.2) is 23.3 Å². The maximum Gasteiger partial charge on any atom is 0.494 e. The van der Waals surface area contributed by atoms with E-state index in [0.717, 1.165) is 21.6 Å². The van der Waals surface area contributed by atoms with E-state index < -0.39 is 0 Å². The van der Waals surface area contributed by atoms with Crippen molar-refractivity contribution in [2.24, 2.45) is 0 Å². The Morgan fingerprint density at radius 2 is 1.60 bits per heavy atom. The molecule has 1 saturated heterocycles. The standard InChI is InChI=1S/C29H23BNO2S2/c1-28(2)29(3,4)33-30(32-28)20-11-12-21-22-15-26-23(16-25(22)34-24(21)14-20)31-27(35-26)19-10-9-17-7-5-6-8-18(17)13-19/h6-16H,1-4H3/q+1. The molecule has 1 aliphatic carbocycles. The second-order valence-electron chi connectivity index (χ2n) is 10.3. The lowest BCUT2D eigenvalue weighted by Crippen LogP contribution is -2.41. The van der Waals surface area contributed by atoms with Gasteiger partial charge < -0.3 is 9.31 Å². The molecule has 3 heterocycles. The van der Waals surface area contributed by atoms with Crippen molar-refractivity contribution in [2.45, 2.75) is 38.9 Å². The fraction of sp³-hybridized carbons (Fsp3) is 0.207. The van der Waals surface area contributed by atoms with Crippen LogP contribution >= 0.6 is 22.7 Å². The van der Waals surface area contributed by atoms with Crippen molar-refractivity contribution >= 4 is 77.8 Å². The molecule has 2 aliphatic rings. The molecule has 3 aromatic carbocycles. The maximum atomic E-state index is 6.28. The van der Waals surface area contributed by atoms with Crippen LogP contribution in [0, 0.1) is 6.08 Å². The van der Waals surface area contributed by atoms with Gasteiger partial charge in [-0.15, -0.1) is 22.7 Å². The van der Waals surface area contributed by atoms with Gasteiger partial charge in [0.05, 0.1) is 38.6 Å². The number of thiazole rings is 1. The highest BCUT2D eigenvalue weighted by molar-refractivity contribution is 7.26. The fourth-order valence-corrected chi connectivity index (χ4v) is 6.87. The van der Waals surface area contributed by atoms with Crippen LogP contribution in [0.25, 0.3) is 53.1 Å². The van der Waals surface area contributed by atoms with E-state index in [1.165, 1.54) is 36.0 Å². The summed E-state index contributed by atoms with van der Waals surface area (Å²) in [6.45, 7) is 8.37. The molecule has 0 N–H and O–H groups in total. The predicted octanol–water partition coefficient (Wildman–Crippen LogP) is 7.47. The van der Waals surface area contributed by atoms with E-state index in [2.05, 4.69) is 88.4 Å². The normalized spacial score (nSPS) is 18.0. The molecule has 0 unspecified atom stereocenters. The monoisotopic (exact) mass is 492 g/mol. The van der Waals surface area contributed by atoms with Gasteiger partial charge in [0.15, 0.2) is 0 Å². The lowest BCUT2D eigenvalue weighted by atomic mass is 9.79. The Bertz CT molecular complexity index is 1710. The highest BCUT2D eigenvalue weighted by Crippen LogP contribution is 2.41. The molecule has 0 atom stereocenters. The van der Waals surface area contributed by atoms with Crippen LogP contribution in [0.1, 0.15) is 38.8 Å². The highest BCUT2D eigenvalue weighted by Gasteiger charge is 2.51. The molecule has 3 nitrogen and oxygen atoms in total. The summed E-state index contributed by atoms with van der Waals surface area (Å²) in [5.74, 6) is 0. The van der Waals surface area contributed by atoms with E-state index in [-0.39, 0.29) is 18.3 Å². The van der Waals surface area contributed by atoms with Gasteiger partial charge in [-0.25, -0.2) is 4.98 Å². The predicted molar refractivity (Wildman–Crippen MR) is 150 cm³/mol. The Kier molecular flexibility index (Phi) is 4.49. The minimum atomic E-state index is -0.345. The minimum absolute atomic E-state index is 0.343. The molecular formula is C29H23BNO2S2+. The van der Waals surface area contributed by atoms with Gasteiger partial charge in [0, 0.05) is 37.9 Å². The Balaban J connectivity index is 1.28. The molecule has 0 saturated carbocycles. The van der Waals surface area contributed by atoms with Crippen molar-refractivity contribution in [2.75, 3.05) is 0 Å². The number of thiophene rings is 1. The van der Waals surface area contributed by atoms with Crippen molar-refractivity contribution in [3.63, 3.8) is 0 Å². The molecule has 7 rings (SSSR count). The van der Waals surface area contributed by atoms with E-state index in [1.807, 2.05) is 12.2 Å². The second-order valence-corrected chi connectivity index (χ2v) is 12.4. The van der Waals surface area contributed by atoms with Crippen molar-refractivity contribution in [3.8, 4) is 10.6 Å². The number of hydrogen-bond acceptors (Lipinski definition) is 5. The van der Waals surface area contributed by atoms with Crippen LogP contribution in [0.15, 0.2) is 54.6 Å². The van der Waals surface area contributed by atoms with Gasteiger partial charge in [0.2, 0.25) is 0 Å². The zero-order chi connectivity index (χ0) is 23.9. The Morgan fingerprint density at radius 1 is 0.800 bits per heavy atom. The van der Waals surface area contributed by atoms with Crippen LogP contribution in [0.2, 0.25) is 0 Å². The zero-order valence-electron chi connectivity index (χ0n) is 20.0. The molecule has 35 heavy (non-hydrogen) atoms. The van der Waals surface area contributed by atoms with Crippen molar-refractivity contribution in [3.05, 3.63) is 71.8 Å². The quantitative estimate of drug-likeness (QED) is 0.189. The Morgan fingerprint density at radius 3 is 2.43 bits per heavy atom. The number of allylic oxidation sites excluding steroid dienone is 2. The summed E-state index contributed by atoms with van der Waals surface area (Å²) in [5, 5.41) is 3.60. The number of benzene rings is 3. The smallest absolute Gasteiger partial charge is 0.399 e. The van der Waals surface area contributed by atoms with Crippen molar-refractivity contribution in [1.82, 2.24) is 4.98 Å². The number of nitrogens with zero attached hydrogens (tertiary/aromatic N) is 1.